The summed E-state index contributed by atoms with van der Waals surface area (Å²) in [5.74, 6) is 0.753. The van der Waals surface area contributed by atoms with Crippen LogP contribution < -0.4 is 19.3 Å². The predicted octanol–water partition coefficient (Wildman–Crippen LogP) is 4.33. The van der Waals surface area contributed by atoms with Crippen molar-refractivity contribution in [2.75, 3.05) is 0 Å². The Hall–Kier alpha value is -4.98. The molecule has 8 heteroatoms. The Morgan fingerprint density at radius 3 is 1.69 bits per heavy atom. The van der Waals surface area contributed by atoms with Gasteiger partial charge in [0, 0.05) is 11.3 Å². The number of hydrogen-bond donors (Lipinski definition) is 0. The van der Waals surface area contributed by atoms with Gasteiger partial charge in [-0.1, -0.05) is 69.3 Å². The van der Waals surface area contributed by atoms with Crippen LogP contribution in [-0.2, 0) is 32.6 Å². The van der Waals surface area contributed by atoms with Crippen LogP contribution in [0.2, 0.25) is 0 Å². The van der Waals surface area contributed by atoms with Crippen LogP contribution in [0.3, 0.4) is 0 Å². The van der Waals surface area contributed by atoms with Gasteiger partial charge in [0.05, 0.1) is 50.4 Å². The van der Waals surface area contributed by atoms with E-state index in [4.69, 9.17) is 0 Å². The van der Waals surface area contributed by atoms with Crippen LogP contribution in [-0.4, -0.2) is 20.9 Å². The van der Waals surface area contributed by atoms with Crippen LogP contribution in [0.15, 0.2) is 108 Å². The Bertz CT molecular complexity index is 1840. The monoisotopic (exact) mass is 602 g/mol. The molecule has 0 saturated carbocycles. The normalized spacial score (nSPS) is 13.3. The highest BCUT2D eigenvalue weighted by molar-refractivity contribution is 5.88. The SMILES string of the molecule is CCn1cc[n+](C)c1C([O-])=Nc1ccc(C(C)c2cccc(C(C)(C)c3ccc(N=C([O-])c4n(CC)cc[n+]4C)cc3)c2)cc1. The summed E-state index contributed by atoms with van der Waals surface area (Å²) in [6.07, 6.45) is 7.52. The second-order valence-corrected chi connectivity index (χ2v) is 12.0. The summed E-state index contributed by atoms with van der Waals surface area (Å²) in [7, 11) is 3.72. The van der Waals surface area contributed by atoms with E-state index in [-0.39, 0.29) is 23.1 Å². The van der Waals surface area contributed by atoms with Crippen molar-refractivity contribution >= 4 is 23.2 Å². The summed E-state index contributed by atoms with van der Waals surface area (Å²) in [5, 5.41) is 25.8. The third-order valence-electron chi connectivity index (χ3n) is 8.77. The van der Waals surface area contributed by atoms with Crippen molar-refractivity contribution in [1.82, 2.24) is 9.13 Å². The Morgan fingerprint density at radius 1 is 0.711 bits per heavy atom. The number of benzene rings is 3. The molecule has 2 aromatic heterocycles. The Morgan fingerprint density at radius 2 is 1.20 bits per heavy atom. The van der Waals surface area contributed by atoms with E-state index >= 15 is 0 Å². The summed E-state index contributed by atoms with van der Waals surface area (Å²) in [4.78, 5) is 8.74. The number of nitrogens with zero attached hydrogens (tertiary/aromatic N) is 6. The number of aliphatic imine (C=N–C) groups is 2. The number of aryl methyl sites for hydroxylation is 4. The maximum Gasteiger partial charge on any atom is 0.292 e. The molecule has 0 aliphatic heterocycles. The van der Waals surface area contributed by atoms with Crippen LogP contribution in [0.25, 0.3) is 0 Å². The molecule has 232 valence electrons. The number of imidazole rings is 2. The first-order chi connectivity index (χ1) is 21.5. The van der Waals surface area contributed by atoms with Crippen molar-refractivity contribution in [3.8, 4) is 0 Å². The summed E-state index contributed by atoms with van der Waals surface area (Å²) >= 11 is 0. The van der Waals surface area contributed by atoms with Crippen LogP contribution in [0, 0.1) is 0 Å². The first-order valence-electron chi connectivity index (χ1n) is 15.5. The molecule has 1 unspecified atom stereocenters. The van der Waals surface area contributed by atoms with Crippen LogP contribution in [0.5, 0.6) is 0 Å². The lowest BCUT2D eigenvalue weighted by molar-refractivity contribution is -0.674. The summed E-state index contributed by atoms with van der Waals surface area (Å²) in [6.45, 7) is 12.0. The lowest BCUT2D eigenvalue weighted by Gasteiger charge is -2.27. The van der Waals surface area contributed by atoms with Gasteiger partial charge in [0.1, 0.15) is 24.8 Å². The molecule has 8 nitrogen and oxygen atoms in total. The molecule has 5 aromatic rings. The molecule has 0 aliphatic carbocycles. The van der Waals surface area contributed by atoms with E-state index in [1.165, 1.54) is 11.1 Å². The van der Waals surface area contributed by atoms with Gasteiger partial charge in [0.25, 0.3) is 11.6 Å². The largest absolute Gasteiger partial charge is 0.853 e. The van der Waals surface area contributed by atoms with E-state index in [1.54, 1.807) is 9.13 Å². The highest BCUT2D eigenvalue weighted by atomic mass is 16.3. The fourth-order valence-corrected chi connectivity index (χ4v) is 5.79. The molecule has 0 bridgehead atoms. The number of hydrogen-bond acceptors (Lipinski definition) is 4. The summed E-state index contributed by atoms with van der Waals surface area (Å²) in [5.41, 5.74) is 5.70. The summed E-state index contributed by atoms with van der Waals surface area (Å²) < 4.78 is 7.40. The molecule has 0 saturated heterocycles. The Balaban J connectivity index is 1.33. The minimum Gasteiger partial charge on any atom is -0.853 e. The number of aromatic nitrogens is 4. The molecule has 3 aromatic carbocycles. The maximum atomic E-state index is 12.9. The highest BCUT2D eigenvalue weighted by Crippen LogP contribution is 2.35. The van der Waals surface area contributed by atoms with Gasteiger partial charge in [-0.2, -0.15) is 0 Å². The first-order valence-corrected chi connectivity index (χ1v) is 15.5. The van der Waals surface area contributed by atoms with Gasteiger partial charge < -0.3 is 10.2 Å². The minimum absolute atomic E-state index is 0.149. The van der Waals surface area contributed by atoms with E-state index in [0.29, 0.717) is 36.1 Å². The topological polar surface area (TPSA) is 88.5 Å². The van der Waals surface area contributed by atoms with E-state index < -0.39 is 0 Å². The van der Waals surface area contributed by atoms with E-state index in [0.717, 1.165) is 11.1 Å². The molecular weight excluding hydrogens is 560 g/mol. The quantitative estimate of drug-likeness (QED) is 0.135. The van der Waals surface area contributed by atoms with E-state index in [2.05, 4.69) is 67.2 Å². The molecule has 2 heterocycles. The molecule has 1 atom stereocenters. The van der Waals surface area contributed by atoms with Gasteiger partial charge in [-0.3, -0.25) is 9.98 Å². The fraction of sp³-hybridized carbons (Fsp3) is 0.297. The second kappa shape index (κ2) is 12.9. The van der Waals surface area contributed by atoms with Crippen molar-refractivity contribution in [2.24, 2.45) is 24.1 Å². The van der Waals surface area contributed by atoms with Gasteiger partial charge >= 0.3 is 0 Å². The lowest BCUT2D eigenvalue weighted by atomic mass is 9.77. The minimum atomic E-state index is -0.267. The fourth-order valence-electron chi connectivity index (χ4n) is 5.79. The van der Waals surface area contributed by atoms with E-state index in [9.17, 15) is 10.2 Å². The molecule has 0 amide bonds. The Labute approximate surface area is 265 Å². The van der Waals surface area contributed by atoms with Gasteiger partial charge in [0.15, 0.2) is 0 Å². The third-order valence-corrected chi connectivity index (χ3v) is 8.77. The molecule has 0 spiro atoms. The van der Waals surface area contributed by atoms with Crippen LogP contribution in [0.1, 0.15) is 74.4 Å². The van der Waals surface area contributed by atoms with Crippen molar-refractivity contribution in [1.29, 1.82) is 0 Å². The van der Waals surface area contributed by atoms with Gasteiger partial charge in [-0.05, 0) is 60.4 Å². The second-order valence-electron chi connectivity index (χ2n) is 12.0. The maximum absolute atomic E-state index is 12.9. The van der Waals surface area contributed by atoms with Gasteiger partial charge in [-0.15, -0.1) is 0 Å². The first kappa shape index (κ1) is 31.4. The lowest BCUT2D eigenvalue weighted by Crippen LogP contribution is -2.40. The predicted molar refractivity (Wildman–Crippen MR) is 174 cm³/mol. The zero-order valence-electron chi connectivity index (χ0n) is 27.2. The van der Waals surface area contributed by atoms with Crippen molar-refractivity contribution in [2.45, 2.75) is 59.0 Å². The molecule has 0 fully saturated rings. The van der Waals surface area contributed by atoms with Crippen molar-refractivity contribution < 1.29 is 19.3 Å². The Kier molecular flexibility index (Phi) is 9.04. The molecule has 5 rings (SSSR count). The molecular formula is C37H42N6O2. The molecule has 45 heavy (non-hydrogen) atoms. The molecule has 0 radical (unpaired) electrons. The average Bonchev–Trinajstić information content (AvgIpc) is 3.62. The zero-order valence-corrected chi connectivity index (χ0v) is 27.2. The average molecular weight is 603 g/mol. The van der Waals surface area contributed by atoms with Gasteiger partial charge in [-0.25, -0.2) is 18.3 Å². The zero-order chi connectivity index (χ0) is 32.3. The van der Waals surface area contributed by atoms with E-state index in [1.807, 2.05) is 98.3 Å². The van der Waals surface area contributed by atoms with Gasteiger partial charge in [0.2, 0.25) is 0 Å². The number of rotatable bonds is 10. The van der Waals surface area contributed by atoms with Crippen LogP contribution in [0.4, 0.5) is 11.4 Å². The van der Waals surface area contributed by atoms with Crippen LogP contribution >= 0.6 is 0 Å². The third kappa shape index (κ3) is 6.45. The standard InChI is InChI=1S/C37H42N6O2/c1-8-42-23-21-40(6)35(42)33(44)38-31-17-13-27(14-18-31)26(3)28-11-10-12-30(25-28)37(4,5)29-15-19-32(20-16-29)39-34(45)36-41(7)22-24-43(36)9-2/h10-26H,8-9H2,1-7H3. The summed E-state index contributed by atoms with van der Waals surface area (Å²) in [6, 6.07) is 24.6. The smallest absolute Gasteiger partial charge is 0.292 e. The highest BCUT2D eigenvalue weighted by Gasteiger charge is 2.24. The van der Waals surface area contributed by atoms with Crippen molar-refractivity contribution in [3.05, 3.63) is 131 Å². The molecule has 0 N–H and O–H groups in total. The van der Waals surface area contributed by atoms with Crippen molar-refractivity contribution in [3.63, 3.8) is 0 Å². The molecule has 0 aliphatic rings.